The lowest BCUT2D eigenvalue weighted by Gasteiger charge is -2.45. The fraction of sp³-hybridized carbons (Fsp3) is 0.438. The first-order chi connectivity index (χ1) is 20.1. The Labute approximate surface area is 243 Å². The number of halogens is 1. The Balaban J connectivity index is 1.36. The van der Waals surface area contributed by atoms with Crippen molar-refractivity contribution in [3.05, 3.63) is 81.2 Å². The summed E-state index contributed by atoms with van der Waals surface area (Å²) in [5, 5.41) is 14.8. The first kappa shape index (κ1) is 27.0. The number of benzene rings is 1. The number of nitrogens with zero attached hydrogens (tertiary/aromatic N) is 6. The number of aliphatic hydroxyl groups is 1. The highest BCUT2D eigenvalue weighted by molar-refractivity contribution is 5.77. The maximum Gasteiger partial charge on any atom is 0.278 e. The molecule has 0 radical (unpaired) electrons. The van der Waals surface area contributed by atoms with Crippen LogP contribution in [-0.4, -0.2) is 47.9 Å². The predicted molar refractivity (Wildman–Crippen MR) is 160 cm³/mol. The maximum absolute atomic E-state index is 15.7. The average Bonchev–Trinajstić information content (AvgIpc) is 3.41. The molecule has 2 atom stereocenters. The second-order valence-electron chi connectivity index (χ2n) is 12.5. The molecule has 1 aromatic carbocycles. The molecule has 3 aliphatic rings. The Kier molecular flexibility index (Phi) is 6.15. The zero-order chi connectivity index (χ0) is 29.4. The Morgan fingerprint density at radius 3 is 2.76 bits per heavy atom. The van der Waals surface area contributed by atoms with E-state index >= 15 is 4.39 Å². The van der Waals surface area contributed by atoms with E-state index in [1.807, 2.05) is 6.92 Å². The zero-order valence-corrected chi connectivity index (χ0v) is 24.4. The zero-order valence-electron chi connectivity index (χ0n) is 24.4. The fourth-order valence-corrected chi connectivity index (χ4v) is 7.61. The van der Waals surface area contributed by atoms with Gasteiger partial charge in [0.2, 0.25) is 5.95 Å². The van der Waals surface area contributed by atoms with Crippen LogP contribution in [0.1, 0.15) is 67.5 Å². The van der Waals surface area contributed by atoms with Gasteiger partial charge in [-0.15, -0.1) is 6.58 Å². The van der Waals surface area contributed by atoms with Crippen LogP contribution < -0.4 is 10.9 Å². The molecule has 10 heteroatoms. The summed E-state index contributed by atoms with van der Waals surface area (Å²) in [6.07, 6.45) is 7.90. The van der Waals surface area contributed by atoms with Crippen molar-refractivity contribution < 1.29 is 9.50 Å². The van der Waals surface area contributed by atoms with Crippen LogP contribution >= 0.6 is 0 Å². The van der Waals surface area contributed by atoms with Gasteiger partial charge < -0.3 is 15.3 Å². The lowest BCUT2D eigenvalue weighted by molar-refractivity contribution is 0.0305. The second kappa shape index (κ2) is 9.57. The molecule has 218 valence electrons. The molecule has 0 amide bonds. The molecule has 9 nitrogen and oxygen atoms in total. The van der Waals surface area contributed by atoms with Crippen molar-refractivity contribution in [2.45, 2.75) is 76.5 Å². The fourth-order valence-electron chi connectivity index (χ4n) is 7.61. The van der Waals surface area contributed by atoms with Crippen LogP contribution in [0.25, 0.3) is 16.9 Å². The number of aryl methyl sites for hydroxylation is 2. The molecule has 2 unspecified atom stereocenters. The minimum Gasteiger partial charge on any atom is -0.384 e. The van der Waals surface area contributed by atoms with Crippen LogP contribution in [-0.2, 0) is 36.9 Å². The number of likely N-dealkylation sites (N-methyl/N-ethyl adjacent to an activating group) is 1. The predicted octanol–water partition coefficient (Wildman–Crippen LogP) is 4.63. The van der Waals surface area contributed by atoms with Gasteiger partial charge in [-0.2, -0.15) is 4.98 Å². The van der Waals surface area contributed by atoms with Crippen molar-refractivity contribution in [2.75, 3.05) is 18.9 Å². The highest BCUT2D eigenvalue weighted by Gasteiger charge is 2.39. The van der Waals surface area contributed by atoms with Crippen molar-refractivity contribution in [2.24, 2.45) is 0 Å². The molecule has 0 bridgehead atoms. The largest absolute Gasteiger partial charge is 0.384 e. The van der Waals surface area contributed by atoms with Crippen LogP contribution in [0.4, 0.5) is 16.0 Å². The number of pyridine rings is 1. The van der Waals surface area contributed by atoms with Gasteiger partial charge in [-0.3, -0.25) is 4.79 Å². The summed E-state index contributed by atoms with van der Waals surface area (Å²) in [7, 11) is 2.17. The highest BCUT2D eigenvalue weighted by Crippen LogP contribution is 2.44. The molecule has 4 heterocycles. The maximum atomic E-state index is 15.7. The van der Waals surface area contributed by atoms with Gasteiger partial charge in [0.05, 0.1) is 12.2 Å². The number of hydrogen-bond acceptors (Lipinski definition) is 7. The van der Waals surface area contributed by atoms with Gasteiger partial charge >= 0.3 is 0 Å². The van der Waals surface area contributed by atoms with Crippen molar-refractivity contribution in [1.29, 1.82) is 0 Å². The van der Waals surface area contributed by atoms with Crippen molar-refractivity contribution >= 4 is 22.7 Å². The van der Waals surface area contributed by atoms with Gasteiger partial charge in [0, 0.05) is 30.4 Å². The molecule has 0 spiro atoms. The molecule has 0 saturated heterocycles. The molecule has 3 aromatic heterocycles. The molecule has 42 heavy (non-hydrogen) atoms. The summed E-state index contributed by atoms with van der Waals surface area (Å²) < 4.78 is 18.4. The summed E-state index contributed by atoms with van der Waals surface area (Å²) in [6.45, 7) is 10.1. The summed E-state index contributed by atoms with van der Waals surface area (Å²) in [5.74, 6) is -0.368. The minimum atomic E-state index is -1.14. The standard InChI is InChI=1S/C32H36FN7O2/c1-5-12-39-29(41)23-16-34-30(35-22-13-19-8-7-10-31(3)18-38(4)17-21(14-22)25(19)31)37-27(23)40(39)28-24(33)15-20-9-11-32(42,6-2)26(20)36-28/h5,13-16,42H,1,6-12,17-18H2,2-4H3,(H,34,35,37). The Morgan fingerprint density at radius 1 is 1.17 bits per heavy atom. The van der Waals surface area contributed by atoms with Gasteiger partial charge in [-0.25, -0.2) is 23.7 Å². The van der Waals surface area contributed by atoms with Crippen molar-refractivity contribution in [3.63, 3.8) is 0 Å². The SMILES string of the molecule is C=CCn1c(=O)c2cnc(Nc3cc4c5c(c3)CN(C)CC5(C)CCC4)nc2n1-c1nc2c(cc1F)CCC2(O)CC. The van der Waals surface area contributed by atoms with E-state index in [0.717, 1.165) is 31.6 Å². The van der Waals surface area contributed by atoms with Gasteiger partial charge in [0.25, 0.3) is 5.56 Å². The van der Waals surface area contributed by atoms with E-state index < -0.39 is 11.4 Å². The summed E-state index contributed by atoms with van der Waals surface area (Å²) in [5.41, 5.74) is 5.06. The number of rotatable bonds is 6. The molecule has 4 aromatic rings. The van der Waals surface area contributed by atoms with E-state index in [1.54, 1.807) is 6.08 Å². The first-order valence-corrected chi connectivity index (χ1v) is 14.8. The number of aromatic nitrogens is 5. The van der Waals surface area contributed by atoms with E-state index in [9.17, 15) is 9.90 Å². The minimum absolute atomic E-state index is 0.0818. The highest BCUT2D eigenvalue weighted by atomic mass is 19.1. The number of fused-ring (bicyclic) bond motifs is 2. The molecule has 2 N–H and O–H groups in total. The molecular formula is C32H36FN7O2. The van der Waals surface area contributed by atoms with Gasteiger partial charge in [-0.05, 0) is 86.0 Å². The number of allylic oxidation sites excluding steroid dienone is 1. The van der Waals surface area contributed by atoms with Crippen LogP contribution in [0.5, 0.6) is 0 Å². The summed E-state index contributed by atoms with van der Waals surface area (Å²) >= 11 is 0. The van der Waals surface area contributed by atoms with Gasteiger partial charge in [0.15, 0.2) is 17.3 Å². The van der Waals surface area contributed by atoms with Crippen LogP contribution in [0.2, 0.25) is 0 Å². The molecule has 0 saturated carbocycles. The Hall–Kier alpha value is -3.89. The average molecular weight is 570 g/mol. The normalized spacial score (nSPS) is 23.2. The molecule has 1 aliphatic heterocycles. The third kappa shape index (κ3) is 4.03. The first-order valence-electron chi connectivity index (χ1n) is 14.8. The third-order valence-electron chi connectivity index (χ3n) is 9.44. The Bertz CT molecular complexity index is 1830. The smallest absolute Gasteiger partial charge is 0.278 e. The monoisotopic (exact) mass is 569 g/mol. The number of nitrogens with one attached hydrogen (secondary N) is 1. The molecule has 0 fully saturated rings. The van der Waals surface area contributed by atoms with Crippen molar-refractivity contribution in [3.8, 4) is 5.82 Å². The quantitative estimate of drug-likeness (QED) is 0.327. The van der Waals surface area contributed by atoms with E-state index in [0.29, 0.717) is 36.5 Å². The molecule has 2 aliphatic carbocycles. The third-order valence-corrected chi connectivity index (χ3v) is 9.44. The van der Waals surface area contributed by atoms with E-state index in [1.165, 1.54) is 44.7 Å². The summed E-state index contributed by atoms with van der Waals surface area (Å²) in [4.78, 5) is 29.7. The molecular weight excluding hydrogens is 533 g/mol. The van der Waals surface area contributed by atoms with Crippen molar-refractivity contribution in [1.82, 2.24) is 29.2 Å². The topological polar surface area (TPSA) is 101 Å². The lowest BCUT2D eigenvalue weighted by Crippen LogP contribution is -2.44. The summed E-state index contributed by atoms with van der Waals surface area (Å²) in [6, 6.07) is 5.79. The van der Waals surface area contributed by atoms with E-state index in [-0.39, 0.29) is 34.4 Å². The lowest BCUT2D eigenvalue weighted by atomic mass is 9.67. The number of hydrogen-bond donors (Lipinski definition) is 2. The second-order valence-corrected chi connectivity index (χ2v) is 12.5. The van der Waals surface area contributed by atoms with Gasteiger partial charge in [-0.1, -0.05) is 19.9 Å². The Morgan fingerprint density at radius 2 is 1.98 bits per heavy atom. The van der Waals surface area contributed by atoms with Crippen LogP contribution in [0.3, 0.4) is 0 Å². The molecule has 7 rings (SSSR count). The van der Waals surface area contributed by atoms with Crippen LogP contribution in [0, 0.1) is 5.82 Å². The van der Waals surface area contributed by atoms with Crippen LogP contribution in [0.15, 0.2) is 41.8 Å². The van der Waals surface area contributed by atoms with E-state index in [2.05, 4.69) is 52.9 Å². The van der Waals surface area contributed by atoms with E-state index in [4.69, 9.17) is 4.98 Å². The number of anilines is 2. The van der Waals surface area contributed by atoms with Gasteiger partial charge in [0.1, 0.15) is 11.0 Å².